The molecule has 2 fully saturated rings. The highest BCUT2D eigenvalue weighted by molar-refractivity contribution is 7.17. The van der Waals surface area contributed by atoms with E-state index in [4.69, 9.17) is 4.74 Å². The van der Waals surface area contributed by atoms with Crippen molar-refractivity contribution in [3.63, 3.8) is 0 Å². The van der Waals surface area contributed by atoms with E-state index in [0.29, 0.717) is 12.5 Å². The van der Waals surface area contributed by atoms with Gasteiger partial charge in [-0.15, -0.1) is 11.3 Å². The van der Waals surface area contributed by atoms with Gasteiger partial charge in [0.2, 0.25) is 5.91 Å². The first-order valence-electron chi connectivity index (χ1n) is 8.95. The summed E-state index contributed by atoms with van der Waals surface area (Å²) < 4.78 is 6.26. The molecule has 2 saturated heterocycles. The quantitative estimate of drug-likeness (QED) is 0.767. The van der Waals surface area contributed by atoms with Crippen molar-refractivity contribution in [1.29, 1.82) is 0 Å². The third kappa shape index (κ3) is 3.00. The molecule has 2 aromatic heterocycles. The van der Waals surface area contributed by atoms with Crippen molar-refractivity contribution < 1.29 is 9.53 Å². The number of carbonyl (C=O) groups is 1. The minimum atomic E-state index is -0.236. The summed E-state index contributed by atoms with van der Waals surface area (Å²) in [6.07, 6.45) is 5.54. The zero-order chi connectivity index (χ0) is 17.3. The summed E-state index contributed by atoms with van der Waals surface area (Å²) in [5, 5.41) is 2.05. The number of likely N-dealkylation sites (tertiary alicyclic amines) is 1. The maximum atomic E-state index is 13.2. The minimum Gasteiger partial charge on any atom is -0.385 e. The Labute approximate surface area is 151 Å². The zero-order valence-corrected chi connectivity index (χ0v) is 15.4. The van der Waals surface area contributed by atoms with Crippen LogP contribution < -0.4 is 4.90 Å². The second-order valence-corrected chi connectivity index (χ2v) is 7.94. The summed E-state index contributed by atoms with van der Waals surface area (Å²) in [7, 11) is 1.71. The number of methoxy groups -OCH3 is 1. The third-order valence-electron chi connectivity index (χ3n) is 5.48. The highest BCUT2D eigenvalue weighted by Crippen LogP contribution is 2.42. The topological polar surface area (TPSA) is 58.6 Å². The SMILES string of the molecule is COCCCN1CCCC2(CCN(c3ncnc4ccsc34)C2)C1=O. The number of hydrogen-bond acceptors (Lipinski definition) is 6. The molecule has 0 bridgehead atoms. The van der Waals surface area contributed by atoms with E-state index in [2.05, 4.69) is 20.2 Å². The van der Waals surface area contributed by atoms with Crippen LogP contribution >= 0.6 is 11.3 Å². The fourth-order valence-corrected chi connectivity index (χ4v) is 5.06. The lowest BCUT2D eigenvalue weighted by atomic mass is 9.78. The van der Waals surface area contributed by atoms with Gasteiger partial charge in [-0.3, -0.25) is 4.79 Å². The van der Waals surface area contributed by atoms with Crippen molar-refractivity contribution >= 4 is 33.3 Å². The number of nitrogens with zero attached hydrogens (tertiary/aromatic N) is 4. The van der Waals surface area contributed by atoms with Gasteiger partial charge in [0.1, 0.15) is 12.1 Å². The highest BCUT2D eigenvalue weighted by atomic mass is 32.1. The minimum absolute atomic E-state index is 0.236. The molecule has 0 saturated carbocycles. The number of carbonyl (C=O) groups excluding carboxylic acids is 1. The van der Waals surface area contributed by atoms with Gasteiger partial charge in [-0.25, -0.2) is 9.97 Å². The van der Waals surface area contributed by atoms with Crippen LogP contribution in [0, 0.1) is 5.41 Å². The Morgan fingerprint density at radius 1 is 1.32 bits per heavy atom. The van der Waals surface area contributed by atoms with Crippen molar-refractivity contribution in [1.82, 2.24) is 14.9 Å². The van der Waals surface area contributed by atoms with Crippen LogP contribution in [0.3, 0.4) is 0 Å². The van der Waals surface area contributed by atoms with Gasteiger partial charge in [-0.2, -0.15) is 0 Å². The molecule has 6 nitrogen and oxygen atoms in total. The fraction of sp³-hybridized carbons (Fsp3) is 0.611. The fourth-order valence-electron chi connectivity index (χ4n) is 4.20. The van der Waals surface area contributed by atoms with E-state index < -0.39 is 0 Å². The lowest BCUT2D eigenvalue weighted by Crippen LogP contribution is -2.50. The molecule has 0 radical (unpaired) electrons. The van der Waals surface area contributed by atoms with Crippen molar-refractivity contribution in [2.24, 2.45) is 5.41 Å². The molecule has 1 atom stereocenters. The van der Waals surface area contributed by atoms with E-state index in [1.54, 1.807) is 24.8 Å². The van der Waals surface area contributed by atoms with E-state index in [1.807, 2.05) is 11.0 Å². The first-order valence-corrected chi connectivity index (χ1v) is 9.83. The van der Waals surface area contributed by atoms with Crippen LogP contribution in [0.25, 0.3) is 10.2 Å². The molecule has 0 N–H and O–H groups in total. The van der Waals surface area contributed by atoms with Gasteiger partial charge < -0.3 is 14.5 Å². The molecule has 2 aliphatic rings. The summed E-state index contributed by atoms with van der Waals surface area (Å²) in [5.41, 5.74) is 0.756. The molecule has 4 heterocycles. The first kappa shape index (κ1) is 16.7. The molecular weight excluding hydrogens is 336 g/mol. The summed E-state index contributed by atoms with van der Waals surface area (Å²) in [5.74, 6) is 1.31. The van der Waals surface area contributed by atoms with Gasteiger partial charge in [0.25, 0.3) is 0 Å². The van der Waals surface area contributed by atoms with Crippen molar-refractivity contribution in [3.05, 3.63) is 17.8 Å². The number of thiophene rings is 1. The van der Waals surface area contributed by atoms with Gasteiger partial charge in [0, 0.05) is 39.9 Å². The standard InChI is InChI=1S/C18H24N4O2S/c1-24-10-3-8-21-7-2-5-18(17(21)23)6-9-22(12-18)16-15-14(4-11-25-15)19-13-20-16/h4,11,13H,2-3,5-10,12H2,1H3. The second kappa shape index (κ2) is 6.88. The molecule has 1 spiro atoms. The Morgan fingerprint density at radius 3 is 3.12 bits per heavy atom. The number of hydrogen-bond donors (Lipinski definition) is 0. The number of aromatic nitrogens is 2. The van der Waals surface area contributed by atoms with Crippen LogP contribution in [0.15, 0.2) is 17.8 Å². The Kier molecular flexibility index (Phi) is 4.60. The predicted octanol–water partition coefficient (Wildman–Crippen LogP) is 2.55. The van der Waals surface area contributed by atoms with E-state index >= 15 is 0 Å². The maximum absolute atomic E-state index is 13.2. The molecule has 1 unspecified atom stereocenters. The van der Waals surface area contributed by atoms with Crippen LogP contribution in [0.1, 0.15) is 25.7 Å². The van der Waals surface area contributed by atoms with E-state index in [-0.39, 0.29) is 5.41 Å². The predicted molar refractivity (Wildman–Crippen MR) is 99.0 cm³/mol. The van der Waals surface area contributed by atoms with Gasteiger partial charge in [-0.05, 0) is 37.1 Å². The van der Waals surface area contributed by atoms with E-state index in [9.17, 15) is 4.79 Å². The molecule has 2 aromatic rings. The lowest BCUT2D eigenvalue weighted by Gasteiger charge is -2.39. The first-order chi connectivity index (χ1) is 12.2. The zero-order valence-electron chi connectivity index (χ0n) is 14.6. The van der Waals surface area contributed by atoms with Crippen LogP contribution in [-0.2, 0) is 9.53 Å². The average molecular weight is 360 g/mol. The summed E-state index contributed by atoms with van der Waals surface area (Å²) in [6, 6.07) is 2.03. The van der Waals surface area contributed by atoms with Crippen LogP contribution in [-0.4, -0.2) is 60.7 Å². The number of ether oxygens (including phenoxy) is 1. The molecular formula is C18H24N4O2S. The maximum Gasteiger partial charge on any atom is 0.230 e. The molecule has 0 aromatic carbocycles. The van der Waals surface area contributed by atoms with Crippen molar-refractivity contribution in [2.75, 3.05) is 44.8 Å². The smallest absolute Gasteiger partial charge is 0.230 e. The Morgan fingerprint density at radius 2 is 2.24 bits per heavy atom. The Bertz CT molecular complexity index is 764. The molecule has 2 aliphatic heterocycles. The molecule has 1 amide bonds. The van der Waals surface area contributed by atoms with Gasteiger partial charge in [0.15, 0.2) is 0 Å². The number of anilines is 1. The Balaban J connectivity index is 1.52. The molecule has 25 heavy (non-hydrogen) atoms. The van der Waals surface area contributed by atoms with Crippen molar-refractivity contribution in [3.8, 4) is 0 Å². The largest absolute Gasteiger partial charge is 0.385 e. The van der Waals surface area contributed by atoms with Gasteiger partial charge in [-0.1, -0.05) is 0 Å². The van der Waals surface area contributed by atoms with Gasteiger partial charge in [0.05, 0.1) is 15.6 Å². The molecule has 4 rings (SSSR count). The molecule has 7 heteroatoms. The van der Waals surface area contributed by atoms with Crippen LogP contribution in [0.2, 0.25) is 0 Å². The molecule has 0 aliphatic carbocycles. The van der Waals surface area contributed by atoms with Crippen molar-refractivity contribution in [2.45, 2.75) is 25.7 Å². The summed E-state index contributed by atoms with van der Waals surface area (Å²) in [6.45, 7) is 4.06. The number of rotatable bonds is 5. The summed E-state index contributed by atoms with van der Waals surface area (Å²) in [4.78, 5) is 26.4. The highest BCUT2D eigenvalue weighted by Gasteiger charge is 2.48. The van der Waals surface area contributed by atoms with E-state index in [0.717, 1.165) is 67.9 Å². The molecule has 134 valence electrons. The van der Waals surface area contributed by atoms with E-state index in [1.165, 1.54) is 0 Å². The van der Waals surface area contributed by atoms with Crippen LogP contribution in [0.5, 0.6) is 0 Å². The Hall–Kier alpha value is -1.73. The lowest BCUT2D eigenvalue weighted by molar-refractivity contribution is -0.145. The van der Waals surface area contributed by atoms with Crippen LogP contribution in [0.4, 0.5) is 5.82 Å². The monoisotopic (exact) mass is 360 g/mol. The number of piperidine rings is 1. The number of fused-ring (bicyclic) bond motifs is 1. The van der Waals surface area contributed by atoms with Gasteiger partial charge >= 0.3 is 0 Å². The normalized spacial score (nSPS) is 24.0. The second-order valence-electron chi connectivity index (χ2n) is 7.03. The average Bonchev–Trinajstić information content (AvgIpc) is 3.26. The number of amides is 1. The third-order valence-corrected chi connectivity index (χ3v) is 6.38. The summed E-state index contributed by atoms with van der Waals surface area (Å²) >= 11 is 1.67.